The number of nitrogen functional groups attached to an aromatic ring is 1. The van der Waals surface area contributed by atoms with Gasteiger partial charge in [-0.25, -0.2) is 4.68 Å². The van der Waals surface area contributed by atoms with Crippen molar-refractivity contribution < 1.29 is 14.6 Å². The van der Waals surface area contributed by atoms with Gasteiger partial charge in [0.25, 0.3) is 0 Å². The van der Waals surface area contributed by atoms with Gasteiger partial charge in [0, 0.05) is 17.7 Å². The highest BCUT2D eigenvalue weighted by Gasteiger charge is 2.41. The number of rotatable bonds is 2. The van der Waals surface area contributed by atoms with Crippen LogP contribution in [-0.4, -0.2) is 32.8 Å². The van der Waals surface area contributed by atoms with E-state index in [4.69, 9.17) is 10.5 Å². The summed E-state index contributed by atoms with van der Waals surface area (Å²) in [5.74, 6) is 1.08. The third-order valence-electron chi connectivity index (χ3n) is 4.87. The van der Waals surface area contributed by atoms with Gasteiger partial charge in [0.1, 0.15) is 6.04 Å². The first-order chi connectivity index (χ1) is 12.3. The molecule has 0 bridgehead atoms. The molecule has 0 saturated heterocycles. The van der Waals surface area contributed by atoms with Crippen molar-refractivity contribution >= 4 is 17.7 Å². The average molecular weight is 355 g/mol. The number of nitrogens with one attached hydrogen (secondary N) is 1. The molecular weight excluding hydrogens is 334 g/mol. The lowest BCUT2D eigenvalue weighted by Crippen LogP contribution is -2.36. The molecule has 0 amide bonds. The van der Waals surface area contributed by atoms with Crippen molar-refractivity contribution in [1.29, 1.82) is 0 Å². The number of carbonyl (C=O) groups excluding carboxylic acids is 1. The van der Waals surface area contributed by atoms with Crippen LogP contribution in [0.4, 0.5) is 11.9 Å². The van der Waals surface area contributed by atoms with Gasteiger partial charge in [-0.1, -0.05) is 19.9 Å². The van der Waals surface area contributed by atoms with Gasteiger partial charge in [0.2, 0.25) is 11.9 Å². The van der Waals surface area contributed by atoms with Crippen LogP contribution in [0.3, 0.4) is 0 Å². The Hall–Kier alpha value is -3.03. The Labute approximate surface area is 150 Å². The van der Waals surface area contributed by atoms with Crippen molar-refractivity contribution in [3.8, 4) is 11.5 Å². The van der Waals surface area contributed by atoms with Crippen LogP contribution in [0.1, 0.15) is 38.3 Å². The number of hydrogen-bond donors (Lipinski definition) is 3. The van der Waals surface area contributed by atoms with Crippen molar-refractivity contribution in [2.24, 2.45) is 5.41 Å². The number of hydrogen-bond acceptors (Lipinski definition) is 7. The number of anilines is 2. The summed E-state index contributed by atoms with van der Waals surface area (Å²) in [4.78, 5) is 17.2. The molecule has 0 radical (unpaired) electrons. The molecule has 4 rings (SSSR count). The van der Waals surface area contributed by atoms with Crippen molar-refractivity contribution in [2.45, 2.75) is 32.7 Å². The van der Waals surface area contributed by atoms with Gasteiger partial charge in [0.05, 0.1) is 7.11 Å². The molecule has 1 aromatic heterocycles. The number of ether oxygens (including phenoxy) is 1. The maximum Gasteiger partial charge on any atom is 0.241 e. The van der Waals surface area contributed by atoms with E-state index in [9.17, 15) is 9.90 Å². The second-order valence-electron chi connectivity index (χ2n) is 7.53. The monoisotopic (exact) mass is 355 g/mol. The van der Waals surface area contributed by atoms with E-state index in [1.165, 1.54) is 7.11 Å². The fourth-order valence-electron chi connectivity index (χ4n) is 3.80. The highest BCUT2D eigenvalue weighted by Crippen LogP contribution is 2.46. The Morgan fingerprint density at radius 3 is 2.88 bits per heavy atom. The Morgan fingerprint density at radius 2 is 2.15 bits per heavy atom. The van der Waals surface area contributed by atoms with Crippen molar-refractivity contribution in [3.63, 3.8) is 0 Å². The van der Waals surface area contributed by atoms with Crippen LogP contribution in [-0.2, 0) is 4.79 Å². The quantitative estimate of drug-likeness (QED) is 0.756. The van der Waals surface area contributed by atoms with E-state index >= 15 is 0 Å². The van der Waals surface area contributed by atoms with Crippen LogP contribution in [0.15, 0.2) is 29.5 Å². The van der Waals surface area contributed by atoms with Gasteiger partial charge in [-0.2, -0.15) is 4.98 Å². The number of Topliss-reactive ketones (excluding diaryl/α,β-unsaturated/α-hetero) is 1. The number of nitrogens with zero attached hydrogens (tertiary/aromatic N) is 3. The number of fused-ring (bicyclic) bond motifs is 1. The van der Waals surface area contributed by atoms with Gasteiger partial charge >= 0.3 is 0 Å². The Balaban J connectivity index is 1.92. The predicted molar refractivity (Wildman–Crippen MR) is 95.9 cm³/mol. The summed E-state index contributed by atoms with van der Waals surface area (Å²) in [7, 11) is 1.49. The van der Waals surface area contributed by atoms with Gasteiger partial charge in [0.15, 0.2) is 17.3 Å². The molecule has 1 unspecified atom stereocenters. The van der Waals surface area contributed by atoms with Crippen LogP contribution in [0.25, 0.3) is 0 Å². The highest BCUT2D eigenvalue weighted by molar-refractivity contribution is 6.00. The zero-order chi connectivity index (χ0) is 18.6. The molecule has 2 aromatic rings. The number of aromatic hydroxyl groups is 1. The Morgan fingerprint density at radius 1 is 1.38 bits per heavy atom. The van der Waals surface area contributed by atoms with E-state index in [1.807, 2.05) is 0 Å². The number of phenols is 1. The number of ketones is 1. The first-order valence-electron chi connectivity index (χ1n) is 8.41. The lowest BCUT2D eigenvalue weighted by molar-refractivity contribution is -0.118. The molecule has 1 aromatic carbocycles. The largest absolute Gasteiger partial charge is 0.504 e. The van der Waals surface area contributed by atoms with Gasteiger partial charge < -0.3 is 20.9 Å². The minimum atomic E-state index is -0.468. The Kier molecular flexibility index (Phi) is 3.47. The molecule has 2 heterocycles. The number of aromatic nitrogens is 3. The van der Waals surface area contributed by atoms with Crippen LogP contribution >= 0.6 is 0 Å². The minimum Gasteiger partial charge on any atom is -0.504 e. The van der Waals surface area contributed by atoms with Crippen LogP contribution in [0.2, 0.25) is 0 Å². The predicted octanol–water partition coefficient (Wildman–Crippen LogP) is 2.23. The van der Waals surface area contributed by atoms with E-state index in [0.29, 0.717) is 23.7 Å². The van der Waals surface area contributed by atoms with Crippen LogP contribution in [0.5, 0.6) is 11.5 Å². The second-order valence-corrected chi connectivity index (χ2v) is 7.53. The van der Waals surface area contributed by atoms with Crippen LogP contribution < -0.4 is 15.8 Å². The summed E-state index contributed by atoms with van der Waals surface area (Å²) in [5, 5.41) is 17.4. The summed E-state index contributed by atoms with van der Waals surface area (Å²) >= 11 is 0. The average Bonchev–Trinajstić information content (AvgIpc) is 2.92. The highest BCUT2D eigenvalue weighted by atomic mass is 16.5. The van der Waals surface area contributed by atoms with E-state index in [1.54, 1.807) is 22.9 Å². The molecule has 0 spiro atoms. The van der Waals surface area contributed by atoms with Gasteiger partial charge in [-0.3, -0.25) is 4.79 Å². The molecule has 1 atom stereocenters. The third-order valence-corrected chi connectivity index (χ3v) is 4.87. The number of methoxy groups -OCH3 is 1. The molecule has 0 saturated carbocycles. The number of phenolic OH excluding ortho intramolecular Hbond substituents is 1. The fraction of sp³-hybridized carbons (Fsp3) is 0.389. The molecule has 8 nitrogen and oxygen atoms in total. The summed E-state index contributed by atoms with van der Waals surface area (Å²) in [5.41, 5.74) is 7.96. The maximum absolute atomic E-state index is 13.0. The summed E-state index contributed by atoms with van der Waals surface area (Å²) in [6, 6.07) is 4.55. The molecule has 2 aliphatic rings. The molecular formula is C18H21N5O3. The second kappa shape index (κ2) is 5.48. The lowest BCUT2D eigenvalue weighted by atomic mass is 9.73. The summed E-state index contributed by atoms with van der Waals surface area (Å²) < 4.78 is 6.85. The first kappa shape index (κ1) is 16.4. The number of allylic oxidation sites excluding steroid dienone is 2. The molecule has 0 fully saturated rings. The summed E-state index contributed by atoms with van der Waals surface area (Å²) in [6.07, 6.45) is 1.19. The van der Waals surface area contributed by atoms with E-state index in [-0.39, 0.29) is 22.9 Å². The lowest BCUT2D eigenvalue weighted by Gasteiger charge is -2.38. The molecule has 8 heteroatoms. The zero-order valence-electron chi connectivity index (χ0n) is 14.9. The number of benzene rings is 1. The van der Waals surface area contributed by atoms with Crippen LogP contribution in [0, 0.1) is 5.41 Å². The standard InChI is InChI=1S/C18H21N5O3/c1-18(2)7-10-14(12(25)8-18)15(23-17(20-10)21-16(19)22-23)9-4-5-11(24)13(6-9)26-3/h4-6,15,24H,7-8H2,1-3H3,(H3,19,20,21,22). The Bertz CT molecular complexity index is 944. The smallest absolute Gasteiger partial charge is 0.241 e. The number of carbonyl (C=O) groups is 1. The third kappa shape index (κ3) is 2.49. The van der Waals surface area contributed by atoms with E-state index in [2.05, 4.69) is 29.2 Å². The fourth-order valence-corrected chi connectivity index (χ4v) is 3.80. The van der Waals surface area contributed by atoms with Crippen molar-refractivity contribution in [3.05, 3.63) is 35.0 Å². The summed E-state index contributed by atoms with van der Waals surface area (Å²) in [6.45, 7) is 4.14. The molecule has 4 N–H and O–H groups in total. The van der Waals surface area contributed by atoms with Gasteiger partial charge in [-0.05, 0) is 29.5 Å². The number of nitrogens with two attached hydrogens (primary N) is 1. The molecule has 1 aliphatic heterocycles. The van der Waals surface area contributed by atoms with Gasteiger partial charge in [-0.15, -0.1) is 5.10 Å². The van der Waals surface area contributed by atoms with Crippen molar-refractivity contribution in [1.82, 2.24) is 14.8 Å². The zero-order valence-corrected chi connectivity index (χ0v) is 14.9. The van der Waals surface area contributed by atoms with Crippen molar-refractivity contribution in [2.75, 3.05) is 18.2 Å². The van der Waals surface area contributed by atoms with E-state index in [0.717, 1.165) is 17.7 Å². The topological polar surface area (TPSA) is 115 Å². The first-order valence-corrected chi connectivity index (χ1v) is 8.41. The SMILES string of the molecule is COc1cc(C2C3=C(CC(C)(C)CC3=O)Nc3nc(N)nn32)ccc1O. The maximum atomic E-state index is 13.0. The molecule has 136 valence electrons. The molecule has 26 heavy (non-hydrogen) atoms. The normalized spacial score (nSPS) is 21.0. The molecule has 1 aliphatic carbocycles. The van der Waals surface area contributed by atoms with E-state index < -0.39 is 6.04 Å². The minimum absolute atomic E-state index is 0.0359.